The van der Waals surface area contributed by atoms with E-state index in [1.165, 1.54) is 48.9 Å². The van der Waals surface area contributed by atoms with Crippen LogP contribution in [0, 0.1) is 12.7 Å². The third kappa shape index (κ3) is 5.43. The van der Waals surface area contributed by atoms with Gasteiger partial charge in [0.25, 0.3) is 5.91 Å². The van der Waals surface area contributed by atoms with Crippen LogP contribution >= 0.6 is 11.8 Å². The normalized spacial score (nSPS) is 14.7. The molecule has 0 spiro atoms. The number of nitrogens with one attached hydrogen (secondary N) is 1. The summed E-state index contributed by atoms with van der Waals surface area (Å²) in [5, 5.41) is 13.5. The average Bonchev–Trinajstić information content (AvgIpc) is 3.24. The number of nitrogens with zero attached hydrogens (tertiary/aromatic N) is 4. The minimum atomic E-state index is -0.385. The first kappa shape index (κ1) is 22.2. The number of hydrogen-bond acceptors (Lipinski definition) is 5. The SMILES string of the molecule is Cc1ccc(-c2nnc(SCC(=O)N/N=C\c3ccccc3F)n2C2CCCCC2)cc1. The zero-order chi connectivity index (χ0) is 22.3. The topological polar surface area (TPSA) is 72.2 Å². The minimum absolute atomic E-state index is 0.146. The van der Waals surface area contributed by atoms with Crippen LogP contribution in [-0.2, 0) is 4.79 Å². The molecule has 8 heteroatoms. The van der Waals surface area contributed by atoms with E-state index in [2.05, 4.69) is 56.5 Å². The second kappa shape index (κ2) is 10.5. The Kier molecular flexibility index (Phi) is 7.32. The van der Waals surface area contributed by atoms with E-state index in [4.69, 9.17) is 0 Å². The van der Waals surface area contributed by atoms with E-state index in [-0.39, 0.29) is 17.5 Å². The van der Waals surface area contributed by atoms with Crippen molar-refractivity contribution < 1.29 is 9.18 Å². The van der Waals surface area contributed by atoms with Gasteiger partial charge < -0.3 is 0 Å². The highest BCUT2D eigenvalue weighted by molar-refractivity contribution is 7.99. The van der Waals surface area contributed by atoms with Crippen LogP contribution in [0.15, 0.2) is 58.8 Å². The smallest absolute Gasteiger partial charge is 0.250 e. The van der Waals surface area contributed by atoms with Crippen LogP contribution in [0.4, 0.5) is 4.39 Å². The van der Waals surface area contributed by atoms with E-state index >= 15 is 0 Å². The molecule has 1 N–H and O–H groups in total. The van der Waals surface area contributed by atoms with Gasteiger partial charge in [0, 0.05) is 17.2 Å². The fourth-order valence-electron chi connectivity index (χ4n) is 3.86. The maximum Gasteiger partial charge on any atom is 0.250 e. The van der Waals surface area contributed by atoms with Gasteiger partial charge in [-0.3, -0.25) is 9.36 Å². The number of halogens is 1. The van der Waals surface area contributed by atoms with Crippen molar-refractivity contribution in [1.29, 1.82) is 0 Å². The molecule has 4 rings (SSSR count). The molecule has 1 saturated carbocycles. The molecule has 0 bridgehead atoms. The molecule has 0 aliphatic heterocycles. The van der Waals surface area contributed by atoms with Crippen molar-refractivity contribution in [2.75, 3.05) is 5.75 Å². The quantitative estimate of drug-likeness (QED) is 0.307. The number of rotatable bonds is 7. The molecule has 0 unspecified atom stereocenters. The summed E-state index contributed by atoms with van der Waals surface area (Å²) in [4.78, 5) is 12.3. The van der Waals surface area contributed by atoms with Gasteiger partial charge in [0.15, 0.2) is 11.0 Å². The molecule has 1 aliphatic rings. The van der Waals surface area contributed by atoms with Crippen LogP contribution in [0.3, 0.4) is 0 Å². The summed E-state index contributed by atoms with van der Waals surface area (Å²) >= 11 is 1.35. The van der Waals surface area contributed by atoms with Crippen LogP contribution in [-0.4, -0.2) is 32.6 Å². The molecule has 1 aromatic heterocycles. The molecule has 32 heavy (non-hydrogen) atoms. The molecule has 0 radical (unpaired) electrons. The number of hydrazone groups is 1. The van der Waals surface area contributed by atoms with Gasteiger partial charge in [-0.25, -0.2) is 9.82 Å². The fraction of sp³-hybridized carbons (Fsp3) is 0.333. The number of carbonyl (C=O) groups is 1. The predicted molar refractivity (Wildman–Crippen MR) is 125 cm³/mol. The van der Waals surface area contributed by atoms with E-state index in [9.17, 15) is 9.18 Å². The first-order valence-electron chi connectivity index (χ1n) is 10.8. The van der Waals surface area contributed by atoms with Gasteiger partial charge in [0.05, 0.1) is 12.0 Å². The van der Waals surface area contributed by atoms with Crippen LogP contribution < -0.4 is 5.43 Å². The van der Waals surface area contributed by atoms with Gasteiger partial charge in [-0.2, -0.15) is 5.10 Å². The summed E-state index contributed by atoms with van der Waals surface area (Å²) in [5.41, 5.74) is 5.00. The first-order valence-corrected chi connectivity index (χ1v) is 11.8. The largest absolute Gasteiger partial charge is 0.299 e. The molecule has 3 aromatic rings. The molecular weight excluding hydrogens is 425 g/mol. The predicted octanol–water partition coefficient (Wildman–Crippen LogP) is 5.14. The summed E-state index contributed by atoms with van der Waals surface area (Å²) in [6.45, 7) is 2.06. The standard InChI is InChI=1S/C24H26FN5OS/c1-17-11-13-18(14-12-17)23-28-29-24(30(23)20-8-3-2-4-9-20)32-16-22(31)27-26-15-19-7-5-6-10-21(19)25/h5-7,10-15,20H,2-4,8-9,16H2,1H3,(H,27,31)/b26-15-. The lowest BCUT2D eigenvalue weighted by Gasteiger charge is -2.25. The monoisotopic (exact) mass is 451 g/mol. The number of aryl methyl sites for hydroxylation is 1. The van der Waals surface area contributed by atoms with Crippen molar-refractivity contribution in [3.63, 3.8) is 0 Å². The Morgan fingerprint density at radius 2 is 1.91 bits per heavy atom. The molecule has 0 atom stereocenters. The van der Waals surface area contributed by atoms with Crippen LogP contribution in [0.25, 0.3) is 11.4 Å². The lowest BCUT2D eigenvalue weighted by Crippen LogP contribution is -2.21. The van der Waals surface area contributed by atoms with E-state index in [0.29, 0.717) is 11.6 Å². The number of carbonyl (C=O) groups excluding carboxylic acids is 1. The summed E-state index contributed by atoms with van der Waals surface area (Å²) in [6.07, 6.45) is 7.10. The maximum atomic E-state index is 13.6. The highest BCUT2D eigenvalue weighted by Crippen LogP contribution is 2.35. The fourth-order valence-corrected chi connectivity index (χ4v) is 4.66. The van der Waals surface area contributed by atoms with Gasteiger partial charge >= 0.3 is 0 Å². The van der Waals surface area contributed by atoms with E-state index in [1.54, 1.807) is 18.2 Å². The number of amides is 1. The van der Waals surface area contributed by atoms with Gasteiger partial charge in [0.2, 0.25) is 0 Å². The van der Waals surface area contributed by atoms with Crippen molar-refractivity contribution in [2.45, 2.75) is 50.2 Å². The Morgan fingerprint density at radius 3 is 2.66 bits per heavy atom. The number of thioether (sulfide) groups is 1. The lowest BCUT2D eigenvalue weighted by molar-refractivity contribution is -0.118. The number of benzene rings is 2. The Labute approximate surface area is 191 Å². The van der Waals surface area contributed by atoms with Gasteiger partial charge in [-0.1, -0.05) is 79.1 Å². The summed E-state index contributed by atoms with van der Waals surface area (Å²) < 4.78 is 15.8. The average molecular weight is 452 g/mol. The Morgan fingerprint density at radius 1 is 1.16 bits per heavy atom. The molecule has 2 aromatic carbocycles. The van der Waals surface area contributed by atoms with Gasteiger partial charge in [-0.05, 0) is 25.8 Å². The second-order valence-corrected chi connectivity index (χ2v) is 8.88. The van der Waals surface area contributed by atoms with Crippen molar-refractivity contribution >= 4 is 23.9 Å². The number of hydrogen-bond donors (Lipinski definition) is 1. The van der Waals surface area contributed by atoms with Crippen LogP contribution in [0.1, 0.15) is 49.3 Å². The molecule has 166 valence electrons. The van der Waals surface area contributed by atoms with Gasteiger partial charge in [-0.15, -0.1) is 10.2 Å². The second-order valence-electron chi connectivity index (χ2n) is 7.94. The number of aromatic nitrogens is 3. The Bertz CT molecular complexity index is 1090. The first-order chi connectivity index (χ1) is 15.6. The zero-order valence-electron chi connectivity index (χ0n) is 18.0. The zero-order valence-corrected chi connectivity index (χ0v) is 18.8. The highest BCUT2D eigenvalue weighted by Gasteiger charge is 2.24. The molecule has 1 heterocycles. The minimum Gasteiger partial charge on any atom is -0.299 e. The molecule has 1 fully saturated rings. The van der Waals surface area contributed by atoms with E-state index in [1.807, 2.05) is 0 Å². The van der Waals surface area contributed by atoms with Gasteiger partial charge in [0.1, 0.15) is 5.82 Å². The summed E-state index contributed by atoms with van der Waals surface area (Å²) in [7, 11) is 0. The van der Waals surface area contributed by atoms with Crippen molar-refractivity contribution in [3.8, 4) is 11.4 Å². The molecule has 6 nitrogen and oxygen atoms in total. The lowest BCUT2D eigenvalue weighted by atomic mass is 9.95. The van der Waals surface area contributed by atoms with Crippen molar-refractivity contribution in [3.05, 3.63) is 65.5 Å². The van der Waals surface area contributed by atoms with E-state index in [0.717, 1.165) is 29.4 Å². The van der Waals surface area contributed by atoms with Crippen molar-refractivity contribution in [2.24, 2.45) is 5.10 Å². The third-order valence-corrected chi connectivity index (χ3v) is 6.49. The molecule has 1 aliphatic carbocycles. The molecular formula is C24H26FN5OS. The maximum absolute atomic E-state index is 13.6. The third-order valence-electron chi connectivity index (χ3n) is 5.54. The van der Waals surface area contributed by atoms with Crippen molar-refractivity contribution in [1.82, 2.24) is 20.2 Å². The molecule has 0 saturated heterocycles. The highest BCUT2D eigenvalue weighted by atomic mass is 32.2. The van der Waals surface area contributed by atoms with Crippen LogP contribution in [0.5, 0.6) is 0 Å². The molecule has 1 amide bonds. The Balaban J connectivity index is 1.46. The Hall–Kier alpha value is -3.00. The summed E-state index contributed by atoms with van der Waals surface area (Å²) in [6, 6.07) is 14.9. The van der Waals surface area contributed by atoms with Crippen LogP contribution in [0.2, 0.25) is 0 Å². The van der Waals surface area contributed by atoms with E-state index < -0.39 is 0 Å². The summed E-state index contributed by atoms with van der Waals surface area (Å²) in [5.74, 6) is 0.326.